The summed E-state index contributed by atoms with van der Waals surface area (Å²) in [5.41, 5.74) is 0.838. The van der Waals surface area contributed by atoms with E-state index < -0.39 is 0 Å². The molecule has 1 aromatic carbocycles. The van der Waals surface area contributed by atoms with E-state index in [0.29, 0.717) is 28.3 Å². The van der Waals surface area contributed by atoms with Crippen molar-refractivity contribution in [3.05, 3.63) is 27.7 Å². The van der Waals surface area contributed by atoms with Crippen LogP contribution in [0.1, 0.15) is 24.8 Å². The quantitative estimate of drug-likeness (QED) is 0.871. The lowest BCUT2D eigenvalue weighted by Crippen LogP contribution is -2.46. The van der Waals surface area contributed by atoms with Crippen LogP contribution >= 0.6 is 23.2 Å². The van der Waals surface area contributed by atoms with Crippen LogP contribution in [-0.2, 0) is 11.2 Å². The Labute approximate surface area is 146 Å². The van der Waals surface area contributed by atoms with E-state index >= 15 is 0 Å². The maximum atomic E-state index is 12.2. The van der Waals surface area contributed by atoms with Gasteiger partial charge in [0.25, 0.3) is 0 Å². The van der Waals surface area contributed by atoms with Crippen molar-refractivity contribution >= 4 is 29.1 Å². The minimum atomic E-state index is 0.204. The number of halogens is 2. The molecule has 2 saturated heterocycles. The Bertz CT molecular complexity index is 582. The average Bonchev–Trinajstić information content (AvgIpc) is 2.49. The highest BCUT2D eigenvalue weighted by atomic mass is 35.5. The molecule has 1 amide bonds. The highest BCUT2D eigenvalue weighted by molar-refractivity contribution is 6.42. The molecule has 2 fully saturated rings. The van der Waals surface area contributed by atoms with Crippen LogP contribution in [-0.4, -0.2) is 42.1 Å². The van der Waals surface area contributed by atoms with Crippen molar-refractivity contribution in [1.29, 1.82) is 0 Å². The van der Waals surface area contributed by atoms with Crippen molar-refractivity contribution < 1.29 is 9.90 Å². The van der Waals surface area contributed by atoms with E-state index in [1.165, 1.54) is 6.07 Å². The topological polar surface area (TPSA) is 52.6 Å². The fraction of sp³-hybridized carbons (Fsp3) is 0.588. The zero-order valence-electron chi connectivity index (χ0n) is 13.0. The fourth-order valence-electron chi connectivity index (χ4n) is 3.31. The summed E-state index contributed by atoms with van der Waals surface area (Å²) >= 11 is 11.9. The standard InChI is InChI=1S/C17H22Cl2N2O2/c18-14-7-13(16(22)8-15(14)19)5-11-1-3-21(4-2-11)17(23)6-12-9-20-10-12/h7-8,11-12,20,22H,1-6,9-10H2. The van der Waals surface area contributed by atoms with E-state index in [2.05, 4.69) is 5.32 Å². The third kappa shape index (κ3) is 4.11. The second-order valence-corrected chi connectivity index (χ2v) is 7.47. The Hall–Kier alpha value is -0.970. The highest BCUT2D eigenvalue weighted by Gasteiger charge is 2.27. The molecule has 0 unspecified atom stereocenters. The van der Waals surface area contributed by atoms with Crippen LogP contribution in [0.15, 0.2) is 12.1 Å². The van der Waals surface area contributed by atoms with Gasteiger partial charge in [0.1, 0.15) is 5.75 Å². The zero-order chi connectivity index (χ0) is 16.4. The molecule has 2 heterocycles. The number of phenols is 1. The summed E-state index contributed by atoms with van der Waals surface area (Å²) in [5.74, 6) is 1.48. The SMILES string of the molecule is O=C(CC1CNC1)N1CCC(Cc2cc(Cl)c(Cl)cc2O)CC1. The van der Waals surface area contributed by atoms with Crippen LogP contribution < -0.4 is 5.32 Å². The molecule has 126 valence electrons. The lowest BCUT2D eigenvalue weighted by Gasteiger charge is -2.34. The van der Waals surface area contributed by atoms with Crippen molar-refractivity contribution in [1.82, 2.24) is 10.2 Å². The number of piperidine rings is 1. The Morgan fingerprint density at radius 2 is 1.83 bits per heavy atom. The van der Waals surface area contributed by atoms with Gasteiger partial charge in [0.2, 0.25) is 5.91 Å². The summed E-state index contributed by atoms with van der Waals surface area (Å²) in [4.78, 5) is 14.2. The number of benzene rings is 1. The number of amides is 1. The largest absolute Gasteiger partial charge is 0.508 e. The van der Waals surface area contributed by atoms with Crippen molar-refractivity contribution in [2.45, 2.75) is 25.7 Å². The molecule has 0 aromatic heterocycles. The molecule has 0 aliphatic carbocycles. The molecule has 1 aromatic rings. The molecular formula is C17H22Cl2N2O2. The van der Waals surface area contributed by atoms with Crippen LogP contribution in [0, 0.1) is 11.8 Å². The second kappa shape index (κ2) is 7.29. The van der Waals surface area contributed by atoms with E-state index in [9.17, 15) is 9.90 Å². The molecule has 6 heteroatoms. The first kappa shape index (κ1) is 16.9. The third-order valence-electron chi connectivity index (χ3n) is 4.93. The monoisotopic (exact) mass is 356 g/mol. The first-order chi connectivity index (χ1) is 11.0. The molecule has 23 heavy (non-hydrogen) atoms. The van der Waals surface area contributed by atoms with E-state index in [4.69, 9.17) is 23.2 Å². The lowest BCUT2D eigenvalue weighted by atomic mass is 9.89. The molecule has 3 rings (SSSR count). The molecule has 0 saturated carbocycles. The number of nitrogens with one attached hydrogen (secondary N) is 1. The third-order valence-corrected chi connectivity index (χ3v) is 5.65. The molecule has 0 spiro atoms. The van der Waals surface area contributed by atoms with Crippen LogP contribution in [0.5, 0.6) is 5.75 Å². The molecule has 2 N–H and O–H groups in total. The number of hydrogen-bond acceptors (Lipinski definition) is 3. The summed E-state index contributed by atoms with van der Waals surface area (Å²) in [5, 5.41) is 14.1. The van der Waals surface area contributed by atoms with Crippen molar-refractivity contribution in [3.63, 3.8) is 0 Å². The summed E-state index contributed by atoms with van der Waals surface area (Å²) in [6, 6.07) is 3.25. The molecular weight excluding hydrogens is 335 g/mol. The van der Waals surface area contributed by atoms with Gasteiger partial charge in [-0.15, -0.1) is 0 Å². The predicted molar refractivity (Wildman–Crippen MR) is 92.1 cm³/mol. The predicted octanol–water partition coefficient (Wildman–Crippen LogP) is 3.09. The number of likely N-dealkylation sites (tertiary alicyclic amines) is 1. The number of carbonyl (C=O) groups excluding carboxylic acids is 1. The van der Waals surface area contributed by atoms with Crippen molar-refractivity contribution in [3.8, 4) is 5.75 Å². The Morgan fingerprint density at radius 1 is 1.17 bits per heavy atom. The highest BCUT2D eigenvalue weighted by Crippen LogP contribution is 2.33. The Balaban J connectivity index is 1.51. The molecule has 2 aliphatic rings. The number of aromatic hydroxyl groups is 1. The van der Waals surface area contributed by atoms with Gasteiger partial charge in [-0.25, -0.2) is 0 Å². The van der Waals surface area contributed by atoms with Gasteiger partial charge in [0, 0.05) is 25.6 Å². The Morgan fingerprint density at radius 3 is 2.43 bits per heavy atom. The Kier molecular flexibility index (Phi) is 5.34. The summed E-state index contributed by atoms with van der Waals surface area (Å²) < 4.78 is 0. The van der Waals surface area contributed by atoms with Gasteiger partial charge in [0.05, 0.1) is 10.0 Å². The first-order valence-corrected chi connectivity index (χ1v) is 8.94. The van der Waals surface area contributed by atoms with Gasteiger partial charge in [0.15, 0.2) is 0 Å². The van der Waals surface area contributed by atoms with E-state index in [0.717, 1.165) is 51.0 Å². The average molecular weight is 357 g/mol. The fourth-order valence-corrected chi connectivity index (χ4v) is 3.65. The molecule has 0 bridgehead atoms. The van der Waals surface area contributed by atoms with Gasteiger partial charge in [-0.2, -0.15) is 0 Å². The maximum Gasteiger partial charge on any atom is 0.222 e. The number of nitrogens with zero attached hydrogens (tertiary/aromatic N) is 1. The van der Waals surface area contributed by atoms with Crippen LogP contribution in [0.3, 0.4) is 0 Å². The number of rotatable bonds is 4. The van der Waals surface area contributed by atoms with Crippen molar-refractivity contribution in [2.24, 2.45) is 11.8 Å². The summed E-state index contributed by atoms with van der Waals surface area (Å²) in [7, 11) is 0. The minimum Gasteiger partial charge on any atom is -0.508 e. The van der Waals surface area contributed by atoms with E-state index in [-0.39, 0.29) is 11.7 Å². The normalized spacial score (nSPS) is 19.7. The zero-order valence-corrected chi connectivity index (χ0v) is 14.5. The van der Waals surface area contributed by atoms with Gasteiger partial charge in [-0.05, 0) is 55.8 Å². The smallest absolute Gasteiger partial charge is 0.222 e. The molecule has 4 nitrogen and oxygen atoms in total. The first-order valence-electron chi connectivity index (χ1n) is 8.18. The van der Waals surface area contributed by atoms with Gasteiger partial charge >= 0.3 is 0 Å². The number of carbonyl (C=O) groups is 1. The molecule has 0 radical (unpaired) electrons. The molecule has 0 atom stereocenters. The van der Waals surface area contributed by atoms with Crippen LogP contribution in [0.2, 0.25) is 10.0 Å². The minimum absolute atomic E-state index is 0.204. The van der Waals surface area contributed by atoms with Gasteiger partial charge < -0.3 is 15.3 Å². The van der Waals surface area contributed by atoms with Gasteiger partial charge in [-0.1, -0.05) is 23.2 Å². The van der Waals surface area contributed by atoms with Crippen LogP contribution in [0.4, 0.5) is 0 Å². The number of phenolic OH excluding ortho intramolecular Hbond substituents is 1. The van der Waals surface area contributed by atoms with E-state index in [1.807, 2.05) is 4.90 Å². The van der Waals surface area contributed by atoms with E-state index in [1.54, 1.807) is 6.07 Å². The lowest BCUT2D eigenvalue weighted by molar-refractivity contribution is -0.134. The second-order valence-electron chi connectivity index (χ2n) is 6.65. The number of hydrogen-bond donors (Lipinski definition) is 2. The van der Waals surface area contributed by atoms with Crippen molar-refractivity contribution in [2.75, 3.05) is 26.2 Å². The van der Waals surface area contributed by atoms with Crippen LogP contribution in [0.25, 0.3) is 0 Å². The summed E-state index contributed by atoms with van der Waals surface area (Å²) in [6.07, 6.45) is 3.38. The van der Waals surface area contributed by atoms with Gasteiger partial charge in [-0.3, -0.25) is 4.79 Å². The summed E-state index contributed by atoms with van der Waals surface area (Å²) in [6.45, 7) is 3.56. The maximum absolute atomic E-state index is 12.2. The molecule has 2 aliphatic heterocycles.